The molecule has 5 aromatic rings. The number of hydrogen-bond donors (Lipinski definition) is 2. The van der Waals surface area contributed by atoms with Crippen molar-refractivity contribution in [2.24, 2.45) is 7.05 Å². The molecule has 2 aromatic carbocycles. The van der Waals surface area contributed by atoms with Crippen LogP contribution in [0.1, 0.15) is 88.7 Å². The highest BCUT2D eigenvalue weighted by Crippen LogP contribution is 2.41. The SMILES string of the molecule is Cn1c(=O)n(C2CCC(=O)NC2=O)c2ccc(C3CCN(C4CC(OC5CCN(c6cc(-c7n[nH]c8ccc(OC9(C)CC9)cc78)ncn6)CC5)C4)CC3)cc21. The molecule has 5 aliphatic rings. The maximum atomic E-state index is 13.2. The molecule has 2 saturated carbocycles. The van der Waals surface area contributed by atoms with Gasteiger partial charge in [0.05, 0.1) is 34.5 Å². The van der Waals surface area contributed by atoms with Crippen molar-refractivity contribution in [3.8, 4) is 17.1 Å². The first kappa shape index (κ1) is 35.3. The van der Waals surface area contributed by atoms with Gasteiger partial charge in [0.25, 0.3) is 0 Å². The highest BCUT2D eigenvalue weighted by Gasteiger charge is 2.40. The Balaban J connectivity index is 0.701. The predicted molar refractivity (Wildman–Crippen MR) is 211 cm³/mol. The van der Waals surface area contributed by atoms with Crippen molar-refractivity contribution in [1.82, 2.24) is 39.5 Å². The number of ether oxygens (including phenoxy) is 2. The lowest BCUT2D eigenvalue weighted by Gasteiger charge is -2.47. The molecule has 0 bridgehead atoms. The number of benzene rings is 2. The van der Waals surface area contributed by atoms with Gasteiger partial charge in [-0.3, -0.25) is 29.1 Å². The zero-order valence-corrected chi connectivity index (χ0v) is 32.1. The number of likely N-dealkylation sites (tertiary alicyclic amines) is 1. The van der Waals surface area contributed by atoms with E-state index in [-0.39, 0.29) is 29.7 Å². The lowest BCUT2D eigenvalue weighted by atomic mass is 9.83. The van der Waals surface area contributed by atoms with Crippen molar-refractivity contribution in [3.63, 3.8) is 0 Å². The van der Waals surface area contributed by atoms with Crippen LogP contribution < -0.4 is 20.6 Å². The van der Waals surface area contributed by atoms with Gasteiger partial charge in [0.2, 0.25) is 11.8 Å². The van der Waals surface area contributed by atoms with Crippen LogP contribution in [0.15, 0.2) is 53.6 Å². The smallest absolute Gasteiger partial charge is 0.329 e. The highest BCUT2D eigenvalue weighted by atomic mass is 16.5. The molecule has 3 aromatic heterocycles. The van der Waals surface area contributed by atoms with Crippen molar-refractivity contribution in [2.75, 3.05) is 31.1 Å². The van der Waals surface area contributed by atoms with Gasteiger partial charge in [0, 0.05) is 44.1 Å². The van der Waals surface area contributed by atoms with Crippen molar-refractivity contribution < 1.29 is 19.1 Å². The summed E-state index contributed by atoms with van der Waals surface area (Å²) in [5.41, 5.74) is 5.11. The summed E-state index contributed by atoms with van der Waals surface area (Å²) < 4.78 is 16.0. The third-order valence-corrected chi connectivity index (χ3v) is 13.1. The van der Waals surface area contributed by atoms with E-state index in [2.05, 4.69) is 60.4 Å². The lowest BCUT2D eigenvalue weighted by Crippen LogP contribution is -2.52. The van der Waals surface area contributed by atoms with E-state index in [0.717, 1.165) is 122 Å². The molecule has 0 radical (unpaired) electrons. The molecule has 5 fully saturated rings. The molecule has 2 amide bonds. The van der Waals surface area contributed by atoms with Crippen LogP contribution in [0.3, 0.4) is 0 Å². The number of anilines is 1. The Morgan fingerprint density at radius 2 is 1.66 bits per heavy atom. The number of aromatic amines is 1. The first-order valence-corrected chi connectivity index (χ1v) is 20.4. The average molecular weight is 760 g/mol. The molecule has 56 heavy (non-hydrogen) atoms. The molecule has 3 saturated heterocycles. The Bertz CT molecular complexity index is 2370. The summed E-state index contributed by atoms with van der Waals surface area (Å²) in [6.07, 6.45) is 11.2. The number of imidazole rings is 1. The third kappa shape index (κ3) is 6.55. The van der Waals surface area contributed by atoms with Gasteiger partial charge < -0.3 is 19.3 Å². The third-order valence-electron chi connectivity index (χ3n) is 13.1. The number of aryl methyl sites for hydroxylation is 1. The van der Waals surface area contributed by atoms with Crippen LogP contribution in [0, 0.1) is 0 Å². The summed E-state index contributed by atoms with van der Waals surface area (Å²) >= 11 is 0. The molecule has 1 unspecified atom stereocenters. The van der Waals surface area contributed by atoms with Crippen LogP contribution in [0.4, 0.5) is 5.82 Å². The topological polar surface area (TPSA) is 152 Å². The van der Waals surface area contributed by atoms with Gasteiger partial charge in [0.1, 0.15) is 35.2 Å². The van der Waals surface area contributed by atoms with Crippen LogP contribution in [-0.4, -0.2) is 96.0 Å². The molecule has 14 heteroatoms. The maximum absolute atomic E-state index is 13.2. The standard InChI is InChI=1S/C42H49N9O5/c1-42(13-14-42)56-29-4-5-32-31(22-29)39(47-46-32)33-23-37(44-24-43-33)50-17-11-28(12-18-50)55-30-20-27(21-30)49-15-9-25(10-16-49)26-3-6-34-36(19-26)48(2)41(54)51(34)35-7-8-38(52)45-40(35)53/h3-6,19,22-25,27-28,30,35H,7-18,20-21H2,1-2H3,(H,46,47)(H,45,52,53). The molecular formula is C42H49N9O5. The number of rotatable bonds is 9. The van der Waals surface area contributed by atoms with Crippen molar-refractivity contribution in [1.29, 1.82) is 0 Å². The van der Waals surface area contributed by atoms with Gasteiger partial charge in [-0.2, -0.15) is 5.10 Å². The van der Waals surface area contributed by atoms with Gasteiger partial charge in [0.15, 0.2) is 0 Å². The zero-order valence-electron chi connectivity index (χ0n) is 32.1. The molecule has 3 aliphatic heterocycles. The number of imide groups is 1. The molecular weight excluding hydrogens is 711 g/mol. The zero-order chi connectivity index (χ0) is 38.1. The second kappa shape index (κ2) is 13.8. The molecule has 14 nitrogen and oxygen atoms in total. The number of amides is 2. The minimum absolute atomic E-state index is 0.0447. The lowest BCUT2D eigenvalue weighted by molar-refractivity contribution is -0.135. The number of hydrogen-bond acceptors (Lipinski definition) is 10. The van der Waals surface area contributed by atoms with E-state index in [1.165, 1.54) is 5.56 Å². The molecule has 10 rings (SSSR count). The van der Waals surface area contributed by atoms with Crippen LogP contribution >= 0.6 is 0 Å². The van der Waals surface area contributed by atoms with E-state index < -0.39 is 11.9 Å². The summed E-state index contributed by atoms with van der Waals surface area (Å²) in [5, 5.41) is 11.2. The quantitative estimate of drug-likeness (QED) is 0.197. The molecule has 6 heterocycles. The highest BCUT2D eigenvalue weighted by molar-refractivity contribution is 6.00. The Morgan fingerprint density at radius 1 is 0.857 bits per heavy atom. The first-order chi connectivity index (χ1) is 27.2. The molecule has 292 valence electrons. The number of H-pyrrole nitrogens is 1. The average Bonchev–Trinajstić information content (AvgIpc) is 3.68. The summed E-state index contributed by atoms with van der Waals surface area (Å²) in [6.45, 7) is 6.04. The van der Waals surface area contributed by atoms with Crippen molar-refractivity contribution >= 4 is 39.6 Å². The number of fused-ring (bicyclic) bond motifs is 2. The fourth-order valence-electron chi connectivity index (χ4n) is 9.37. The number of carbonyl (C=O) groups is 2. The number of aromatic nitrogens is 6. The molecule has 2 aliphatic carbocycles. The minimum atomic E-state index is -0.667. The van der Waals surface area contributed by atoms with Crippen LogP contribution in [0.2, 0.25) is 0 Å². The summed E-state index contributed by atoms with van der Waals surface area (Å²) in [7, 11) is 1.76. The normalized spacial score (nSPS) is 24.8. The van der Waals surface area contributed by atoms with Crippen LogP contribution in [0.25, 0.3) is 33.3 Å². The van der Waals surface area contributed by atoms with Gasteiger partial charge >= 0.3 is 5.69 Å². The Hall–Kier alpha value is -5.08. The largest absolute Gasteiger partial charge is 0.488 e. The van der Waals surface area contributed by atoms with Crippen molar-refractivity contribution in [3.05, 3.63) is 64.8 Å². The maximum Gasteiger partial charge on any atom is 0.329 e. The Morgan fingerprint density at radius 3 is 2.43 bits per heavy atom. The summed E-state index contributed by atoms with van der Waals surface area (Å²) in [5.74, 6) is 1.52. The van der Waals surface area contributed by atoms with E-state index >= 15 is 0 Å². The minimum Gasteiger partial charge on any atom is -0.488 e. The van der Waals surface area contributed by atoms with Gasteiger partial charge in [-0.05, 0) is 120 Å². The predicted octanol–water partition coefficient (Wildman–Crippen LogP) is 4.98. The van der Waals surface area contributed by atoms with E-state index in [1.54, 1.807) is 22.5 Å². The second-order valence-electron chi connectivity index (χ2n) is 16.9. The summed E-state index contributed by atoms with van der Waals surface area (Å²) in [6, 6.07) is 14.3. The fraction of sp³-hybridized carbons (Fsp3) is 0.524. The van der Waals surface area contributed by atoms with E-state index in [0.29, 0.717) is 24.5 Å². The van der Waals surface area contributed by atoms with E-state index in [4.69, 9.17) is 9.47 Å². The van der Waals surface area contributed by atoms with Crippen LogP contribution in [0.5, 0.6) is 5.75 Å². The number of nitrogens with one attached hydrogen (secondary N) is 2. The number of nitrogens with zero attached hydrogens (tertiary/aromatic N) is 7. The monoisotopic (exact) mass is 759 g/mol. The molecule has 0 spiro atoms. The number of carbonyl (C=O) groups excluding carboxylic acids is 2. The fourth-order valence-corrected chi connectivity index (χ4v) is 9.37. The van der Waals surface area contributed by atoms with Gasteiger partial charge in [-0.1, -0.05) is 6.07 Å². The van der Waals surface area contributed by atoms with Crippen molar-refractivity contribution in [2.45, 2.75) is 107 Å². The molecule has 1 atom stereocenters. The first-order valence-electron chi connectivity index (χ1n) is 20.4. The van der Waals surface area contributed by atoms with Gasteiger partial charge in [-0.25, -0.2) is 14.8 Å². The Labute approximate surface area is 324 Å². The second-order valence-corrected chi connectivity index (χ2v) is 16.9. The van der Waals surface area contributed by atoms with Gasteiger partial charge in [-0.15, -0.1) is 0 Å². The summed E-state index contributed by atoms with van der Waals surface area (Å²) in [4.78, 5) is 51.8. The Kier molecular flexibility index (Phi) is 8.73. The number of piperidine rings is 3. The molecule has 2 N–H and O–H groups in total. The van der Waals surface area contributed by atoms with Crippen LogP contribution in [-0.2, 0) is 21.4 Å². The van der Waals surface area contributed by atoms with E-state index in [1.807, 2.05) is 24.3 Å². The van der Waals surface area contributed by atoms with E-state index in [9.17, 15) is 14.4 Å².